The molecule has 0 saturated carbocycles. The Morgan fingerprint density at radius 3 is 2.45 bits per heavy atom. The number of hydrogen-bond donors (Lipinski definition) is 1. The number of anilines is 1. The summed E-state index contributed by atoms with van der Waals surface area (Å²) in [6, 6.07) is 10.3. The van der Waals surface area contributed by atoms with E-state index < -0.39 is 21.8 Å². The van der Waals surface area contributed by atoms with Crippen LogP contribution in [0.25, 0.3) is 0 Å². The van der Waals surface area contributed by atoms with Crippen LogP contribution in [0.1, 0.15) is 60.9 Å². The Labute approximate surface area is 193 Å². The van der Waals surface area contributed by atoms with Gasteiger partial charge in [-0.1, -0.05) is 24.3 Å². The van der Waals surface area contributed by atoms with Crippen LogP contribution in [-0.4, -0.2) is 27.1 Å². The van der Waals surface area contributed by atoms with Crippen molar-refractivity contribution in [2.75, 3.05) is 17.1 Å². The zero-order chi connectivity index (χ0) is 24.2. The molecular formula is C24H29F3N2O3S. The van der Waals surface area contributed by atoms with Crippen LogP contribution < -0.4 is 9.62 Å². The third-order valence-electron chi connectivity index (χ3n) is 5.88. The molecule has 1 unspecified atom stereocenters. The molecule has 1 aliphatic carbocycles. The van der Waals surface area contributed by atoms with E-state index in [-0.39, 0.29) is 37.0 Å². The highest BCUT2D eigenvalue weighted by Crippen LogP contribution is 2.32. The van der Waals surface area contributed by atoms with Crippen LogP contribution in [0.5, 0.6) is 0 Å². The molecule has 0 aromatic heterocycles. The molecule has 2 aromatic rings. The van der Waals surface area contributed by atoms with Crippen molar-refractivity contribution in [3.05, 3.63) is 64.7 Å². The van der Waals surface area contributed by atoms with Crippen LogP contribution in [0, 0.1) is 0 Å². The minimum absolute atomic E-state index is 0.0558. The van der Waals surface area contributed by atoms with E-state index >= 15 is 0 Å². The summed E-state index contributed by atoms with van der Waals surface area (Å²) >= 11 is 0. The molecule has 1 atom stereocenters. The largest absolute Gasteiger partial charge is 0.416 e. The van der Waals surface area contributed by atoms with Crippen LogP contribution in [0.4, 0.5) is 18.9 Å². The molecule has 5 nitrogen and oxygen atoms in total. The van der Waals surface area contributed by atoms with Gasteiger partial charge < -0.3 is 5.32 Å². The molecule has 0 heterocycles. The van der Waals surface area contributed by atoms with E-state index in [0.717, 1.165) is 41.1 Å². The van der Waals surface area contributed by atoms with Crippen LogP contribution in [0.15, 0.2) is 42.5 Å². The van der Waals surface area contributed by atoms with E-state index in [9.17, 15) is 26.4 Å². The van der Waals surface area contributed by atoms with E-state index in [0.29, 0.717) is 0 Å². The van der Waals surface area contributed by atoms with Crippen LogP contribution >= 0.6 is 0 Å². The number of sulfonamides is 1. The first-order chi connectivity index (χ1) is 15.4. The highest BCUT2D eigenvalue weighted by atomic mass is 32.2. The second-order valence-electron chi connectivity index (χ2n) is 8.51. The van der Waals surface area contributed by atoms with Crippen molar-refractivity contribution in [3.63, 3.8) is 0 Å². The summed E-state index contributed by atoms with van der Waals surface area (Å²) in [6.07, 6.45) is 1.08. The van der Waals surface area contributed by atoms with Crippen LogP contribution in [0.3, 0.4) is 0 Å². The van der Waals surface area contributed by atoms with Crippen molar-refractivity contribution in [2.45, 2.75) is 57.7 Å². The molecule has 1 amide bonds. The summed E-state index contributed by atoms with van der Waals surface area (Å²) in [5.41, 5.74) is 2.70. The topological polar surface area (TPSA) is 66.5 Å². The number of alkyl halides is 3. The lowest BCUT2D eigenvalue weighted by atomic mass is 9.89. The maximum absolute atomic E-state index is 13.0. The van der Waals surface area contributed by atoms with Crippen molar-refractivity contribution in [2.24, 2.45) is 0 Å². The number of aryl methyl sites for hydroxylation is 2. The lowest BCUT2D eigenvalue weighted by molar-refractivity contribution is -0.137. The van der Waals surface area contributed by atoms with Crippen LogP contribution in [-0.2, 0) is 33.8 Å². The number of nitrogens with zero attached hydrogens (tertiary/aromatic N) is 1. The zero-order valence-corrected chi connectivity index (χ0v) is 19.6. The van der Waals surface area contributed by atoms with Gasteiger partial charge in [0.1, 0.15) is 0 Å². The monoisotopic (exact) mass is 482 g/mol. The van der Waals surface area contributed by atoms with Crippen molar-refractivity contribution >= 4 is 21.6 Å². The van der Waals surface area contributed by atoms with Gasteiger partial charge in [0.05, 0.1) is 23.5 Å². The number of benzene rings is 2. The number of fused-ring (bicyclic) bond motifs is 1. The van der Waals surface area contributed by atoms with E-state index in [4.69, 9.17) is 0 Å². The molecule has 0 fully saturated rings. The number of carbonyl (C=O) groups is 1. The average molecular weight is 483 g/mol. The van der Waals surface area contributed by atoms with E-state index in [1.54, 1.807) is 0 Å². The molecule has 0 saturated heterocycles. The van der Waals surface area contributed by atoms with Gasteiger partial charge in [-0.2, -0.15) is 13.2 Å². The minimum atomic E-state index is -4.58. The first kappa shape index (κ1) is 25.1. The first-order valence-electron chi connectivity index (χ1n) is 11.0. The summed E-state index contributed by atoms with van der Waals surface area (Å²) in [4.78, 5) is 12.4. The number of hydrogen-bond acceptors (Lipinski definition) is 3. The Hall–Kier alpha value is -2.55. The van der Waals surface area contributed by atoms with Gasteiger partial charge in [-0.3, -0.25) is 9.10 Å². The van der Waals surface area contributed by atoms with Gasteiger partial charge in [-0.15, -0.1) is 0 Å². The van der Waals surface area contributed by atoms with Crippen molar-refractivity contribution in [1.29, 1.82) is 0 Å². The van der Waals surface area contributed by atoms with Gasteiger partial charge in [-0.05, 0) is 73.9 Å². The fourth-order valence-corrected chi connectivity index (χ4v) is 5.08. The van der Waals surface area contributed by atoms with Crippen molar-refractivity contribution < 1.29 is 26.4 Å². The Morgan fingerprint density at radius 1 is 1.09 bits per heavy atom. The first-order valence-corrected chi connectivity index (χ1v) is 12.9. The SMILES string of the molecule is CC(NC(=O)CCCN(c1cccc(C(F)(F)F)c1)S(C)(=O)=O)c1ccc2c(c1)CCCC2. The predicted molar refractivity (Wildman–Crippen MR) is 123 cm³/mol. The van der Waals surface area contributed by atoms with E-state index in [1.807, 2.05) is 13.0 Å². The van der Waals surface area contributed by atoms with Crippen molar-refractivity contribution in [1.82, 2.24) is 5.32 Å². The second kappa shape index (κ2) is 10.2. The molecule has 9 heteroatoms. The molecular weight excluding hydrogens is 453 g/mol. The Balaban J connectivity index is 1.60. The molecule has 180 valence electrons. The molecule has 0 bridgehead atoms. The fourth-order valence-electron chi connectivity index (χ4n) is 4.13. The highest BCUT2D eigenvalue weighted by Gasteiger charge is 2.31. The number of halogens is 3. The average Bonchev–Trinajstić information content (AvgIpc) is 2.75. The van der Waals surface area contributed by atoms with Crippen LogP contribution in [0.2, 0.25) is 0 Å². The highest BCUT2D eigenvalue weighted by molar-refractivity contribution is 7.92. The maximum Gasteiger partial charge on any atom is 0.416 e. The third kappa shape index (κ3) is 6.72. The standard InChI is InChI=1S/C24H29F3N2O3S/c1-17(19-13-12-18-7-3-4-8-20(18)15-19)28-23(30)11-6-14-29(33(2,31)32)22-10-5-9-21(16-22)24(25,26)27/h5,9-10,12-13,15-17H,3-4,6-8,11,14H2,1-2H3,(H,28,30). The molecule has 3 rings (SSSR count). The number of rotatable bonds is 8. The van der Waals surface area contributed by atoms with Gasteiger partial charge in [0.15, 0.2) is 0 Å². The summed E-state index contributed by atoms with van der Waals surface area (Å²) in [7, 11) is -3.82. The predicted octanol–water partition coefficient (Wildman–Crippen LogP) is 5.01. The Kier molecular flexibility index (Phi) is 7.72. The number of nitrogens with one attached hydrogen (secondary N) is 1. The summed E-state index contributed by atoms with van der Waals surface area (Å²) in [6.45, 7) is 1.80. The van der Waals surface area contributed by atoms with Gasteiger partial charge >= 0.3 is 6.18 Å². The van der Waals surface area contributed by atoms with Gasteiger partial charge in [-0.25, -0.2) is 8.42 Å². The van der Waals surface area contributed by atoms with Gasteiger partial charge in [0, 0.05) is 13.0 Å². The van der Waals surface area contributed by atoms with Gasteiger partial charge in [0.25, 0.3) is 0 Å². The molecule has 33 heavy (non-hydrogen) atoms. The molecule has 1 N–H and O–H groups in total. The molecule has 0 spiro atoms. The second-order valence-corrected chi connectivity index (χ2v) is 10.4. The van der Waals surface area contributed by atoms with E-state index in [2.05, 4.69) is 17.4 Å². The third-order valence-corrected chi connectivity index (χ3v) is 7.07. The lowest BCUT2D eigenvalue weighted by Crippen LogP contribution is -2.32. The molecule has 0 aliphatic heterocycles. The normalized spacial score (nSPS) is 14.9. The minimum Gasteiger partial charge on any atom is -0.350 e. The maximum atomic E-state index is 13.0. The number of carbonyl (C=O) groups excluding carboxylic acids is 1. The fraction of sp³-hybridized carbons (Fsp3) is 0.458. The quantitative estimate of drug-likeness (QED) is 0.575. The van der Waals surface area contributed by atoms with Crippen molar-refractivity contribution in [3.8, 4) is 0 Å². The molecule has 1 aliphatic rings. The smallest absolute Gasteiger partial charge is 0.350 e. The van der Waals surface area contributed by atoms with E-state index in [1.165, 1.54) is 36.1 Å². The summed E-state index contributed by atoms with van der Waals surface area (Å²) in [5, 5.41) is 2.93. The Morgan fingerprint density at radius 2 is 1.79 bits per heavy atom. The summed E-state index contributed by atoms with van der Waals surface area (Å²) in [5.74, 6) is -0.238. The number of amides is 1. The summed E-state index contributed by atoms with van der Waals surface area (Å²) < 4.78 is 64.3. The van der Waals surface area contributed by atoms with Gasteiger partial charge in [0.2, 0.25) is 15.9 Å². The zero-order valence-electron chi connectivity index (χ0n) is 18.8. The molecule has 2 aromatic carbocycles. The Bertz CT molecular complexity index is 1100. The lowest BCUT2D eigenvalue weighted by Gasteiger charge is -2.23. The molecule has 0 radical (unpaired) electrons.